The lowest BCUT2D eigenvalue weighted by Crippen LogP contribution is -2.20. The van der Waals surface area contributed by atoms with Crippen LogP contribution in [-0.2, 0) is 22.4 Å². The lowest BCUT2D eigenvalue weighted by atomic mass is 9.97. The minimum Gasteiger partial charge on any atom is -0.481 e. The molecule has 1 aromatic rings. The first-order valence-corrected chi connectivity index (χ1v) is 6.57. The summed E-state index contributed by atoms with van der Waals surface area (Å²) in [6, 6.07) is 6.09. The Hall–Kier alpha value is -1.84. The molecule has 102 valence electrons. The summed E-state index contributed by atoms with van der Waals surface area (Å²) in [7, 11) is 1.79. The summed E-state index contributed by atoms with van der Waals surface area (Å²) in [5, 5.41) is 8.72. The second-order valence-electron chi connectivity index (χ2n) is 5.33. The van der Waals surface area contributed by atoms with E-state index in [1.54, 1.807) is 11.9 Å². The fraction of sp³-hybridized carbons (Fsp3) is 0.467. The Kier molecular flexibility index (Phi) is 3.88. The molecule has 0 saturated carbocycles. The molecule has 4 heteroatoms. The second kappa shape index (κ2) is 5.43. The van der Waals surface area contributed by atoms with E-state index in [1.165, 1.54) is 5.56 Å². The minimum atomic E-state index is -0.742. The maximum Gasteiger partial charge on any atom is 0.303 e. The van der Waals surface area contributed by atoms with Gasteiger partial charge in [-0.3, -0.25) is 9.59 Å². The Balaban J connectivity index is 1.98. The summed E-state index contributed by atoms with van der Waals surface area (Å²) < 4.78 is 0. The quantitative estimate of drug-likeness (QED) is 0.884. The number of amides is 1. The van der Waals surface area contributed by atoms with E-state index in [0.717, 1.165) is 24.1 Å². The molecule has 0 aromatic heterocycles. The van der Waals surface area contributed by atoms with Crippen molar-refractivity contribution in [2.75, 3.05) is 11.9 Å². The SMILES string of the molecule is CC(CCc1ccc2c(c1)CC(=O)N2C)CC(=O)O. The van der Waals surface area contributed by atoms with Crippen LogP contribution < -0.4 is 4.90 Å². The average Bonchev–Trinajstić information content (AvgIpc) is 2.61. The van der Waals surface area contributed by atoms with Crippen molar-refractivity contribution < 1.29 is 14.7 Å². The molecule has 1 N–H and O–H groups in total. The van der Waals surface area contributed by atoms with E-state index in [0.29, 0.717) is 6.42 Å². The zero-order chi connectivity index (χ0) is 14.0. The van der Waals surface area contributed by atoms with Crippen LogP contribution in [0.2, 0.25) is 0 Å². The highest BCUT2D eigenvalue weighted by Gasteiger charge is 2.23. The smallest absolute Gasteiger partial charge is 0.303 e. The second-order valence-corrected chi connectivity index (χ2v) is 5.33. The van der Waals surface area contributed by atoms with Crippen molar-refractivity contribution >= 4 is 17.6 Å². The number of hydrogen-bond donors (Lipinski definition) is 1. The molecular formula is C15H19NO3. The molecule has 0 fully saturated rings. The van der Waals surface area contributed by atoms with Crippen molar-refractivity contribution in [3.05, 3.63) is 29.3 Å². The number of anilines is 1. The molecule has 0 spiro atoms. The Bertz CT molecular complexity index is 510. The molecule has 1 atom stereocenters. The number of nitrogens with zero attached hydrogens (tertiary/aromatic N) is 1. The van der Waals surface area contributed by atoms with Gasteiger partial charge in [0, 0.05) is 19.2 Å². The van der Waals surface area contributed by atoms with Gasteiger partial charge >= 0.3 is 5.97 Å². The number of carboxylic acids is 1. The summed E-state index contributed by atoms with van der Waals surface area (Å²) >= 11 is 0. The monoisotopic (exact) mass is 261 g/mol. The zero-order valence-electron chi connectivity index (χ0n) is 11.3. The highest BCUT2D eigenvalue weighted by molar-refractivity contribution is 6.00. The number of fused-ring (bicyclic) bond motifs is 1. The molecular weight excluding hydrogens is 242 g/mol. The predicted molar refractivity (Wildman–Crippen MR) is 73.3 cm³/mol. The van der Waals surface area contributed by atoms with Crippen LogP contribution >= 0.6 is 0 Å². The van der Waals surface area contributed by atoms with E-state index in [9.17, 15) is 9.59 Å². The highest BCUT2D eigenvalue weighted by Crippen LogP contribution is 2.29. The lowest BCUT2D eigenvalue weighted by molar-refractivity contribution is -0.138. The van der Waals surface area contributed by atoms with E-state index < -0.39 is 5.97 Å². The van der Waals surface area contributed by atoms with Crippen LogP contribution in [0.3, 0.4) is 0 Å². The number of benzene rings is 1. The Labute approximate surface area is 113 Å². The molecule has 2 rings (SSSR count). The number of likely N-dealkylation sites (N-methyl/N-ethyl adjacent to an activating group) is 1. The Morgan fingerprint density at radius 2 is 2.21 bits per heavy atom. The van der Waals surface area contributed by atoms with E-state index in [1.807, 2.05) is 19.1 Å². The van der Waals surface area contributed by atoms with Crippen molar-refractivity contribution in [2.45, 2.75) is 32.6 Å². The van der Waals surface area contributed by atoms with Gasteiger partial charge in [-0.15, -0.1) is 0 Å². The predicted octanol–water partition coefficient (Wildman–Crippen LogP) is 2.25. The van der Waals surface area contributed by atoms with E-state index in [2.05, 4.69) is 6.07 Å². The molecule has 19 heavy (non-hydrogen) atoms. The van der Waals surface area contributed by atoms with Gasteiger partial charge in [0.1, 0.15) is 0 Å². The number of aryl methyl sites for hydroxylation is 1. The molecule has 1 aliphatic rings. The molecule has 1 unspecified atom stereocenters. The largest absolute Gasteiger partial charge is 0.481 e. The van der Waals surface area contributed by atoms with Gasteiger partial charge in [0.25, 0.3) is 0 Å². The summed E-state index contributed by atoms with van der Waals surface area (Å²) in [6.45, 7) is 1.96. The zero-order valence-corrected chi connectivity index (χ0v) is 11.3. The summed E-state index contributed by atoms with van der Waals surface area (Å²) in [5.41, 5.74) is 3.25. The van der Waals surface area contributed by atoms with Gasteiger partial charge in [-0.25, -0.2) is 0 Å². The Morgan fingerprint density at radius 3 is 2.89 bits per heavy atom. The molecule has 1 aliphatic heterocycles. The van der Waals surface area contributed by atoms with Crippen LogP contribution in [0.25, 0.3) is 0 Å². The van der Waals surface area contributed by atoms with Gasteiger partial charge in [-0.2, -0.15) is 0 Å². The Morgan fingerprint density at radius 1 is 1.47 bits per heavy atom. The summed E-state index contributed by atoms with van der Waals surface area (Å²) in [5.74, 6) is -0.435. The number of aliphatic carboxylic acids is 1. The number of carboxylic acid groups (broad SMARTS) is 1. The fourth-order valence-electron chi connectivity index (χ4n) is 2.49. The van der Waals surface area contributed by atoms with Crippen LogP contribution in [0.4, 0.5) is 5.69 Å². The first-order chi connectivity index (χ1) is 8.97. The third kappa shape index (κ3) is 3.13. The number of hydrogen-bond acceptors (Lipinski definition) is 2. The molecule has 0 saturated heterocycles. The molecule has 0 radical (unpaired) electrons. The number of carbonyl (C=O) groups is 2. The third-order valence-corrected chi connectivity index (χ3v) is 3.67. The van der Waals surface area contributed by atoms with Gasteiger partial charge in [0.05, 0.1) is 6.42 Å². The maximum absolute atomic E-state index is 11.6. The number of carbonyl (C=O) groups excluding carboxylic acids is 1. The summed E-state index contributed by atoms with van der Waals surface area (Å²) in [6.07, 6.45) is 2.41. The molecule has 0 aliphatic carbocycles. The van der Waals surface area contributed by atoms with E-state index >= 15 is 0 Å². The molecule has 1 heterocycles. The summed E-state index contributed by atoms with van der Waals surface area (Å²) in [4.78, 5) is 23.9. The van der Waals surface area contributed by atoms with Crippen LogP contribution in [-0.4, -0.2) is 24.0 Å². The van der Waals surface area contributed by atoms with Gasteiger partial charge in [-0.05, 0) is 36.0 Å². The number of rotatable bonds is 5. The van der Waals surface area contributed by atoms with Crippen molar-refractivity contribution in [1.82, 2.24) is 0 Å². The van der Waals surface area contributed by atoms with Crippen molar-refractivity contribution in [1.29, 1.82) is 0 Å². The van der Waals surface area contributed by atoms with Gasteiger partial charge in [-0.1, -0.05) is 19.1 Å². The molecule has 1 amide bonds. The maximum atomic E-state index is 11.6. The first kappa shape index (κ1) is 13.6. The molecule has 1 aromatic carbocycles. The van der Waals surface area contributed by atoms with Crippen molar-refractivity contribution in [2.24, 2.45) is 5.92 Å². The minimum absolute atomic E-state index is 0.131. The van der Waals surface area contributed by atoms with Crippen LogP contribution in [0.1, 0.15) is 30.9 Å². The third-order valence-electron chi connectivity index (χ3n) is 3.67. The average molecular weight is 261 g/mol. The first-order valence-electron chi connectivity index (χ1n) is 6.57. The van der Waals surface area contributed by atoms with Crippen LogP contribution in [0, 0.1) is 5.92 Å². The van der Waals surface area contributed by atoms with E-state index in [-0.39, 0.29) is 18.2 Å². The van der Waals surface area contributed by atoms with Gasteiger partial charge in [0.15, 0.2) is 0 Å². The van der Waals surface area contributed by atoms with E-state index in [4.69, 9.17) is 5.11 Å². The van der Waals surface area contributed by atoms with Crippen LogP contribution in [0.5, 0.6) is 0 Å². The van der Waals surface area contributed by atoms with Gasteiger partial charge < -0.3 is 10.0 Å². The van der Waals surface area contributed by atoms with Gasteiger partial charge in [0.2, 0.25) is 5.91 Å². The lowest BCUT2D eigenvalue weighted by Gasteiger charge is -2.12. The fourth-order valence-corrected chi connectivity index (χ4v) is 2.49. The van der Waals surface area contributed by atoms with Crippen molar-refractivity contribution in [3.8, 4) is 0 Å². The topological polar surface area (TPSA) is 57.6 Å². The molecule has 4 nitrogen and oxygen atoms in total. The van der Waals surface area contributed by atoms with Crippen LogP contribution in [0.15, 0.2) is 18.2 Å². The standard InChI is InChI=1S/C15H19NO3/c1-10(7-15(18)19)3-4-11-5-6-13-12(8-11)9-14(17)16(13)2/h5-6,8,10H,3-4,7,9H2,1-2H3,(H,18,19). The molecule has 0 bridgehead atoms. The highest BCUT2D eigenvalue weighted by atomic mass is 16.4. The normalized spacial score (nSPS) is 15.5. The van der Waals surface area contributed by atoms with Crippen molar-refractivity contribution in [3.63, 3.8) is 0 Å².